The minimum atomic E-state index is 0.264. The van der Waals surface area contributed by atoms with E-state index in [1.807, 2.05) is 6.92 Å². The molecule has 98 valence electrons. The fourth-order valence-corrected chi connectivity index (χ4v) is 2.21. The zero-order chi connectivity index (χ0) is 12.4. The van der Waals surface area contributed by atoms with E-state index in [0.717, 1.165) is 31.8 Å². The van der Waals surface area contributed by atoms with Gasteiger partial charge in [0.25, 0.3) is 0 Å². The summed E-state index contributed by atoms with van der Waals surface area (Å²) in [6.07, 6.45) is 6.06. The first-order valence-corrected chi connectivity index (χ1v) is 6.80. The Morgan fingerprint density at radius 1 is 1.12 bits per heavy atom. The maximum absolute atomic E-state index is 5.78. The number of hydrazine groups is 1. The van der Waals surface area contributed by atoms with E-state index in [1.165, 1.54) is 12.8 Å². The Morgan fingerprint density at radius 2 is 1.75 bits per heavy atom. The van der Waals surface area contributed by atoms with Crippen molar-refractivity contribution in [2.24, 2.45) is 11.8 Å². The van der Waals surface area contributed by atoms with Crippen LogP contribution in [0, 0.1) is 5.92 Å². The average Bonchev–Trinajstić information content (AvgIpc) is 2.31. The van der Waals surface area contributed by atoms with Crippen LogP contribution in [0.4, 0.5) is 0 Å². The van der Waals surface area contributed by atoms with Crippen molar-refractivity contribution in [2.45, 2.75) is 71.9 Å². The van der Waals surface area contributed by atoms with Gasteiger partial charge in [0.05, 0.1) is 6.10 Å². The molecule has 0 bridgehead atoms. The quantitative estimate of drug-likeness (QED) is 0.448. The van der Waals surface area contributed by atoms with Crippen LogP contribution < -0.4 is 11.3 Å². The zero-order valence-corrected chi connectivity index (χ0v) is 11.5. The maximum Gasteiger partial charge on any atom is 0.0741 e. The van der Waals surface area contributed by atoms with Gasteiger partial charge in [0, 0.05) is 12.6 Å². The van der Waals surface area contributed by atoms with Crippen LogP contribution in [-0.4, -0.2) is 18.8 Å². The second-order valence-corrected chi connectivity index (χ2v) is 4.47. The Bertz CT molecular complexity index is 143. The molecular formula is C13H30N2O. The largest absolute Gasteiger partial charge is 0.377 e. The summed E-state index contributed by atoms with van der Waals surface area (Å²) in [6.45, 7) is 9.50. The lowest BCUT2D eigenvalue weighted by atomic mass is 9.91. The Kier molecular flexibility index (Phi) is 9.99. The lowest BCUT2D eigenvalue weighted by Crippen LogP contribution is -2.46. The monoisotopic (exact) mass is 230 g/mol. The molecule has 0 aromatic carbocycles. The summed E-state index contributed by atoms with van der Waals surface area (Å²) in [5, 5.41) is 0. The fraction of sp³-hybridized carbons (Fsp3) is 1.00. The molecule has 2 atom stereocenters. The van der Waals surface area contributed by atoms with Gasteiger partial charge in [-0.2, -0.15) is 0 Å². The number of hydrogen-bond donors (Lipinski definition) is 2. The van der Waals surface area contributed by atoms with Crippen LogP contribution in [0.5, 0.6) is 0 Å². The highest BCUT2D eigenvalue weighted by molar-refractivity contribution is 4.77. The maximum atomic E-state index is 5.78. The Balaban J connectivity index is 4.27. The standard InChI is InChI=1S/C13H30N2O/c1-5-9-13(16-8-4)12(15-14)10-11(6-2)7-3/h11-13,15H,5-10,14H2,1-4H3. The highest BCUT2D eigenvalue weighted by Gasteiger charge is 2.22. The molecule has 0 radical (unpaired) electrons. The summed E-state index contributed by atoms with van der Waals surface area (Å²) in [6, 6.07) is 0.296. The van der Waals surface area contributed by atoms with Gasteiger partial charge in [0.15, 0.2) is 0 Å². The van der Waals surface area contributed by atoms with Crippen molar-refractivity contribution in [3.05, 3.63) is 0 Å². The SMILES string of the molecule is CCCC(OCC)C(CC(CC)CC)NN. The first-order chi connectivity index (χ1) is 7.73. The van der Waals surface area contributed by atoms with Gasteiger partial charge < -0.3 is 4.74 Å². The van der Waals surface area contributed by atoms with Crippen molar-refractivity contribution >= 4 is 0 Å². The van der Waals surface area contributed by atoms with Crippen LogP contribution in [0.3, 0.4) is 0 Å². The van der Waals surface area contributed by atoms with Crippen LogP contribution >= 0.6 is 0 Å². The predicted octanol–water partition coefficient (Wildman–Crippen LogP) is 2.85. The van der Waals surface area contributed by atoms with Crippen molar-refractivity contribution in [1.29, 1.82) is 0 Å². The molecule has 0 aliphatic heterocycles. The molecule has 2 unspecified atom stereocenters. The van der Waals surface area contributed by atoms with Gasteiger partial charge in [-0.05, 0) is 25.7 Å². The van der Waals surface area contributed by atoms with Crippen molar-refractivity contribution in [2.75, 3.05) is 6.61 Å². The molecule has 0 aromatic heterocycles. The van der Waals surface area contributed by atoms with E-state index >= 15 is 0 Å². The zero-order valence-electron chi connectivity index (χ0n) is 11.5. The minimum absolute atomic E-state index is 0.264. The van der Waals surface area contributed by atoms with E-state index in [1.54, 1.807) is 0 Å². The Hall–Kier alpha value is -0.120. The Labute approximate surface area is 101 Å². The number of nitrogens with one attached hydrogen (secondary N) is 1. The van der Waals surface area contributed by atoms with Gasteiger partial charge in [0.1, 0.15) is 0 Å². The number of hydrogen-bond acceptors (Lipinski definition) is 3. The molecule has 0 aliphatic rings. The third-order valence-electron chi connectivity index (χ3n) is 3.36. The fourth-order valence-electron chi connectivity index (χ4n) is 2.21. The van der Waals surface area contributed by atoms with Crippen molar-refractivity contribution in [3.63, 3.8) is 0 Å². The molecule has 0 saturated carbocycles. The van der Waals surface area contributed by atoms with Crippen LogP contribution in [-0.2, 0) is 4.74 Å². The van der Waals surface area contributed by atoms with Crippen molar-refractivity contribution in [1.82, 2.24) is 5.43 Å². The van der Waals surface area contributed by atoms with E-state index in [0.29, 0.717) is 6.04 Å². The van der Waals surface area contributed by atoms with E-state index in [-0.39, 0.29) is 6.10 Å². The molecular weight excluding hydrogens is 200 g/mol. The third kappa shape index (κ3) is 5.83. The second-order valence-electron chi connectivity index (χ2n) is 4.47. The van der Waals surface area contributed by atoms with Gasteiger partial charge >= 0.3 is 0 Å². The van der Waals surface area contributed by atoms with E-state index in [9.17, 15) is 0 Å². The molecule has 3 heteroatoms. The summed E-state index contributed by atoms with van der Waals surface area (Å²) in [5.41, 5.74) is 2.95. The van der Waals surface area contributed by atoms with Gasteiger partial charge in [-0.1, -0.05) is 40.0 Å². The average molecular weight is 230 g/mol. The van der Waals surface area contributed by atoms with E-state index in [2.05, 4.69) is 26.2 Å². The third-order valence-corrected chi connectivity index (χ3v) is 3.36. The van der Waals surface area contributed by atoms with Crippen LogP contribution in [0.1, 0.15) is 59.8 Å². The van der Waals surface area contributed by atoms with E-state index < -0.39 is 0 Å². The van der Waals surface area contributed by atoms with Gasteiger partial charge in [-0.3, -0.25) is 11.3 Å². The van der Waals surface area contributed by atoms with Crippen LogP contribution in [0.15, 0.2) is 0 Å². The van der Waals surface area contributed by atoms with E-state index in [4.69, 9.17) is 10.6 Å². The number of nitrogens with two attached hydrogens (primary N) is 1. The number of ether oxygens (including phenoxy) is 1. The molecule has 0 amide bonds. The molecule has 0 heterocycles. The summed E-state index contributed by atoms with van der Waals surface area (Å²) in [7, 11) is 0. The number of rotatable bonds is 10. The molecule has 0 aliphatic carbocycles. The summed E-state index contributed by atoms with van der Waals surface area (Å²) >= 11 is 0. The Morgan fingerprint density at radius 3 is 2.12 bits per heavy atom. The van der Waals surface area contributed by atoms with Gasteiger partial charge in [-0.25, -0.2) is 0 Å². The normalized spacial score (nSPS) is 15.4. The highest BCUT2D eigenvalue weighted by Crippen LogP contribution is 2.19. The molecule has 3 nitrogen and oxygen atoms in total. The van der Waals surface area contributed by atoms with Crippen LogP contribution in [0.2, 0.25) is 0 Å². The smallest absolute Gasteiger partial charge is 0.0741 e. The molecule has 0 saturated heterocycles. The second kappa shape index (κ2) is 10.1. The molecule has 0 spiro atoms. The lowest BCUT2D eigenvalue weighted by Gasteiger charge is -2.29. The predicted molar refractivity (Wildman–Crippen MR) is 70.1 cm³/mol. The molecule has 0 aromatic rings. The van der Waals surface area contributed by atoms with Gasteiger partial charge in [-0.15, -0.1) is 0 Å². The summed E-state index contributed by atoms with van der Waals surface area (Å²) in [4.78, 5) is 0. The summed E-state index contributed by atoms with van der Waals surface area (Å²) < 4.78 is 5.78. The lowest BCUT2D eigenvalue weighted by molar-refractivity contribution is 0.0212. The van der Waals surface area contributed by atoms with Crippen LogP contribution in [0.25, 0.3) is 0 Å². The summed E-state index contributed by atoms with van der Waals surface area (Å²) in [5.74, 6) is 6.41. The molecule has 3 N–H and O–H groups in total. The van der Waals surface area contributed by atoms with Gasteiger partial charge in [0.2, 0.25) is 0 Å². The molecule has 16 heavy (non-hydrogen) atoms. The molecule has 0 fully saturated rings. The highest BCUT2D eigenvalue weighted by atomic mass is 16.5. The first-order valence-electron chi connectivity index (χ1n) is 6.80. The topological polar surface area (TPSA) is 47.3 Å². The molecule has 0 rings (SSSR count). The first kappa shape index (κ1) is 15.9. The minimum Gasteiger partial charge on any atom is -0.377 e. The van der Waals surface area contributed by atoms with Crippen molar-refractivity contribution < 1.29 is 4.74 Å². The van der Waals surface area contributed by atoms with Crippen molar-refractivity contribution in [3.8, 4) is 0 Å².